The number of hydrogen-bond donors (Lipinski definition) is 1. The monoisotopic (exact) mass is 506 g/mol. The summed E-state index contributed by atoms with van der Waals surface area (Å²) in [5.41, 5.74) is 5.78. The predicted molar refractivity (Wildman–Crippen MR) is 148 cm³/mol. The third-order valence-electron chi connectivity index (χ3n) is 7.48. The van der Waals surface area contributed by atoms with Gasteiger partial charge < -0.3 is 24.1 Å². The number of hydrogen-bond acceptors (Lipinski definition) is 6. The van der Waals surface area contributed by atoms with E-state index in [4.69, 9.17) is 13.9 Å². The van der Waals surface area contributed by atoms with Gasteiger partial charge in [-0.2, -0.15) is 0 Å². The number of carbonyl (C=O) groups excluding carboxylic acids is 1. The molecule has 6 rings (SSSR count). The van der Waals surface area contributed by atoms with E-state index < -0.39 is 0 Å². The Morgan fingerprint density at radius 3 is 2.45 bits per heavy atom. The molecule has 6 heteroatoms. The summed E-state index contributed by atoms with van der Waals surface area (Å²) >= 11 is 0. The van der Waals surface area contributed by atoms with Crippen LogP contribution in [0.25, 0.3) is 0 Å². The highest BCUT2D eigenvalue weighted by molar-refractivity contribution is 6.01. The zero-order valence-corrected chi connectivity index (χ0v) is 21.5. The molecule has 4 aromatic rings. The Morgan fingerprint density at radius 1 is 0.895 bits per heavy atom. The van der Waals surface area contributed by atoms with Crippen LogP contribution in [0.3, 0.4) is 0 Å². The van der Waals surface area contributed by atoms with E-state index in [1.807, 2.05) is 54.6 Å². The molecular weight excluding hydrogens is 476 g/mol. The van der Waals surface area contributed by atoms with Gasteiger partial charge in [-0.3, -0.25) is 4.79 Å². The van der Waals surface area contributed by atoms with E-state index in [0.29, 0.717) is 19.4 Å². The van der Waals surface area contributed by atoms with Gasteiger partial charge in [0.2, 0.25) is 0 Å². The fourth-order valence-electron chi connectivity index (χ4n) is 5.70. The number of para-hydroxylation sites is 3. The lowest BCUT2D eigenvalue weighted by atomic mass is 9.79. The van der Waals surface area contributed by atoms with Gasteiger partial charge in [-0.15, -0.1) is 0 Å². The number of furan rings is 1. The summed E-state index contributed by atoms with van der Waals surface area (Å²) in [7, 11) is 3.35. The van der Waals surface area contributed by atoms with Crippen LogP contribution in [0.5, 0.6) is 11.5 Å². The van der Waals surface area contributed by atoms with Gasteiger partial charge in [0.05, 0.1) is 37.9 Å². The molecule has 6 nitrogen and oxygen atoms in total. The Hall–Kier alpha value is -4.45. The minimum Gasteiger partial charge on any atom is -0.497 e. The molecule has 0 fully saturated rings. The molecule has 0 spiro atoms. The number of rotatable bonds is 6. The zero-order valence-electron chi connectivity index (χ0n) is 21.5. The topological polar surface area (TPSA) is 63.9 Å². The van der Waals surface area contributed by atoms with Crippen LogP contribution in [0.15, 0.2) is 107 Å². The Morgan fingerprint density at radius 2 is 1.68 bits per heavy atom. The van der Waals surface area contributed by atoms with Crippen molar-refractivity contribution in [3.05, 3.63) is 119 Å². The molecule has 2 atom stereocenters. The van der Waals surface area contributed by atoms with Crippen molar-refractivity contribution < 1.29 is 18.7 Å². The number of Topliss-reactive ketones (excluding diaryl/α,β-unsaturated/α-hetero) is 1. The lowest BCUT2D eigenvalue weighted by Crippen LogP contribution is -2.34. The van der Waals surface area contributed by atoms with Crippen molar-refractivity contribution in [3.8, 4) is 11.5 Å². The van der Waals surface area contributed by atoms with Crippen molar-refractivity contribution in [1.82, 2.24) is 0 Å². The molecule has 0 bridgehead atoms. The van der Waals surface area contributed by atoms with Gasteiger partial charge in [-0.1, -0.05) is 42.5 Å². The lowest BCUT2D eigenvalue weighted by Gasteiger charge is -2.37. The van der Waals surface area contributed by atoms with Gasteiger partial charge in [-0.05, 0) is 54.4 Å². The fourth-order valence-corrected chi connectivity index (χ4v) is 5.70. The zero-order chi connectivity index (χ0) is 26.1. The summed E-state index contributed by atoms with van der Waals surface area (Å²) in [6.07, 6.45) is 2.76. The maximum atomic E-state index is 14.1. The SMILES string of the molecule is COc1ccc(CN2c3ccccc3NC3=C(C(=O)C[C@@H](c4ccco4)C3)[C@@H]2c2ccccc2OC)cc1. The smallest absolute Gasteiger partial charge is 0.163 e. The number of nitrogens with zero attached hydrogens (tertiary/aromatic N) is 1. The largest absolute Gasteiger partial charge is 0.497 e. The van der Waals surface area contributed by atoms with E-state index in [-0.39, 0.29) is 17.7 Å². The average molecular weight is 507 g/mol. The van der Waals surface area contributed by atoms with Gasteiger partial charge in [0.25, 0.3) is 0 Å². The molecule has 192 valence electrons. The summed E-state index contributed by atoms with van der Waals surface area (Å²) in [6, 6.07) is 27.8. The average Bonchev–Trinajstić information content (AvgIpc) is 3.46. The van der Waals surface area contributed by atoms with E-state index in [2.05, 4.69) is 40.5 Å². The van der Waals surface area contributed by atoms with Crippen molar-refractivity contribution in [2.45, 2.75) is 31.3 Å². The minimum absolute atomic E-state index is 0.0117. The van der Waals surface area contributed by atoms with Crippen molar-refractivity contribution in [3.63, 3.8) is 0 Å². The summed E-state index contributed by atoms with van der Waals surface area (Å²) in [5, 5.41) is 3.67. The molecular formula is C32H30N2O4. The van der Waals surface area contributed by atoms with Crippen LogP contribution in [-0.4, -0.2) is 20.0 Å². The first kappa shape index (κ1) is 23.9. The van der Waals surface area contributed by atoms with Gasteiger partial charge in [-0.25, -0.2) is 0 Å². The number of methoxy groups -OCH3 is 2. The van der Waals surface area contributed by atoms with Crippen LogP contribution in [0.1, 0.15) is 41.7 Å². The summed E-state index contributed by atoms with van der Waals surface area (Å²) in [6.45, 7) is 0.594. The van der Waals surface area contributed by atoms with Crippen molar-refractivity contribution in [2.75, 3.05) is 24.4 Å². The molecule has 1 aliphatic heterocycles. The number of benzene rings is 3. The second kappa shape index (κ2) is 10.1. The van der Waals surface area contributed by atoms with E-state index >= 15 is 0 Å². The summed E-state index contributed by atoms with van der Waals surface area (Å²) in [4.78, 5) is 16.4. The Balaban J connectivity index is 1.54. The standard InChI is InChI=1S/C32H30N2O4/c1-36-23-15-13-21(14-16-23)20-34-27-10-5-4-9-25(27)33-26-18-22(29-12-7-17-38-29)19-28(35)31(26)32(34)24-8-3-6-11-30(24)37-2/h3-17,22,32-33H,18-20H2,1-2H3/t22-,32-/m0/s1. The molecule has 0 saturated carbocycles. The molecule has 2 aliphatic rings. The molecule has 1 aliphatic carbocycles. The van der Waals surface area contributed by atoms with Crippen molar-refractivity contribution >= 4 is 17.2 Å². The molecule has 0 saturated heterocycles. The van der Waals surface area contributed by atoms with Gasteiger partial charge >= 0.3 is 0 Å². The van der Waals surface area contributed by atoms with E-state index in [9.17, 15) is 4.79 Å². The Labute approximate surface area is 222 Å². The number of carbonyl (C=O) groups is 1. The summed E-state index contributed by atoms with van der Waals surface area (Å²) in [5.74, 6) is 2.51. The Bertz CT molecular complexity index is 1470. The van der Waals surface area contributed by atoms with Crippen LogP contribution in [-0.2, 0) is 11.3 Å². The van der Waals surface area contributed by atoms with Crippen LogP contribution in [0, 0.1) is 0 Å². The molecule has 1 N–H and O–H groups in total. The maximum Gasteiger partial charge on any atom is 0.163 e. The number of ketones is 1. The first-order chi connectivity index (χ1) is 18.7. The number of allylic oxidation sites excluding steroid dienone is 1. The van der Waals surface area contributed by atoms with Crippen LogP contribution < -0.4 is 19.7 Å². The molecule has 3 aromatic carbocycles. The third kappa shape index (κ3) is 4.32. The van der Waals surface area contributed by atoms with Crippen LogP contribution in [0.4, 0.5) is 11.4 Å². The first-order valence-corrected chi connectivity index (χ1v) is 12.8. The maximum absolute atomic E-state index is 14.1. The molecule has 0 radical (unpaired) electrons. The number of anilines is 2. The highest BCUT2D eigenvalue weighted by Crippen LogP contribution is 2.49. The van der Waals surface area contributed by atoms with E-state index in [0.717, 1.165) is 51.0 Å². The van der Waals surface area contributed by atoms with Gasteiger partial charge in [0, 0.05) is 35.7 Å². The normalized spacial score (nSPS) is 18.8. The van der Waals surface area contributed by atoms with Crippen LogP contribution >= 0.6 is 0 Å². The molecule has 1 aromatic heterocycles. The Kier molecular flexibility index (Phi) is 6.38. The highest BCUT2D eigenvalue weighted by Gasteiger charge is 2.41. The third-order valence-corrected chi connectivity index (χ3v) is 7.48. The number of ether oxygens (including phenoxy) is 2. The van der Waals surface area contributed by atoms with Crippen LogP contribution in [0.2, 0.25) is 0 Å². The number of fused-ring (bicyclic) bond motifs is 1. The van der Waals surface area contributed by atoms with Crippen molar-refractivity contribution in [1.29, 1.82) is 0 Å². The molecule has 0 amide bonds. The van der Waals surface area contributed by atoms with E-state index in [1.165, 1.54) is 0 Å². The second-order valence-electron chi connectivity index (χ2n) is 9.70. The van der Waals surface area contributed by atoms with Crippen molar-refractivity contribution in [2.24, 2.45) is 0 Å². The molecule has 38 heavy (non-hydrogen) atoms. The van der Waals surface area contributed by atoms with E-state index in [1.54, 1.807) is 20.5 Å². The fraction of sp³-hybridized carbons (Fsp3) is 0.219. The van der Waals surface area contributed by atoms with Gasteiger partial charge in [0.1, 0.15) is 17.3 Å². The predicted octanol–water partition coefficient (Wildman–Crippen LogP) is 6.87. The highest BCUT2D eigenvalue weighted by atomic mass is 16.5. The lowest BCUT2D eigenvalue weighted by molar-refractivity contribution is -0.116. The molecule has 0 unspecified atom stereocenters. The summed E-state index contributed by atoms with van der Waals surface area (Å²) < 4.78 is 16.9. The first-order valence-electron chi connectivity index (χ1n) is 12.8. The minimum atomic E-state index is -0.343. The quantitative estimate of drug-likeness (QED) is 0.308. The van der Waals surface area contributed by atoms with Gasteiger partial charge in [0.15, 0.2) is 5.78 Å². The number of nitrogens with one attached hydrogen (secondary N) is 1. The molecule has 2 heterocycles. The second-order valence-corrected chi connectivity index (χ2v) is 9.70.